The van der Waals surface area contributed by atoms with Gasteiger partial charge in [-0.3, -0.25) is 9.59 Å². The first-order chi connectivity index (χ1) is 13.0. The number of fused-ring (bicyclic) bond motifs is 1. The molecule has 0 saturated heterocycles. The average molecular weight is 378 g/mol. The summed E-state index contributed by atoms with van der Waals surface area (Å²) in [6.45, 7) is 3.85. The zero-order valence-electron chi connectivity index (χ0n) is 15.4. The van der Waals surface area contributed by atoms with E-state index in [0.29, 0.717) is 5.56 Å². The lowest BCUT2D eigenvalue weighted by Crippen LogP contribution is -2.31. The van der Waals surface area contributed by atoms with Gasteiger partial charge in [0.2, 0.25) is 5.91 Å². The lowest BCUT2D eigenvalue weighted by Gasteiger charge is -2.12. The average Bonchev–Trinajstić information content (AvgIpc) is 2.66. The number of benzene rings is 3. The summed E-state index contributed by atoms with van der Waals surface area (Å²) in [5.41, 5.74) is 1.34. The number of hydrogen-bond acceptors (Lipinski definition) is 3. The van der Waals surface area contributed by atoms with Gasteiger partial charge in [-0.15, -0.1) is 11.8 Å². The van der Waals surface area contributed by atoms with Gasteiger partial charge in [0, 0.05) is 22.0 Å². The van der Waals surface area contributed by atoms with Gasteiger partial charge < -0.3 is 10.6 Å². The molecule has 0 heterocycles. The Morgan fingerprint density at radius 1 is 0.926 bits per heavy atom. The number of carbonyl (C=O) groups is 2. The van der Waals surface area contributed by atoms with E-state index in [1.54, 1.807) is 6.07 Å². The van der Waals surface area contributed by atoms with Crippen LogP contribution in [0.2, 0.25) is 0 Å². The highest BCUT2D eigenvalue weighted by Gasteiger charge is 2.14. The van der Waals surface area contributed by atoms with Gasteiger partial charge in [0.15, 0.2) is 0 Å². The molecule has 3 aromatic carbocycles. The van der Waals surface area contributed by atoms with E-state index < -0.39 is 0 Å². The molecular weight excluding hydrogens is 356 g/mol. The summed E-state index contributed by atoms with van der Waals surface area (Å²) in [5.74, 6) is 0.0505. The van der Waals surface area contributed by atoms with Gasteiger partial charge in [-0.25, -0.2) is 0 Å². The molecule has 3 rings (SSSR count). The second-order valence-corrected chi connectivity index (χ2v) is 7.51. The van der Waals surface area contributed by atoms with Crippen LogP contribution in [-0.4, -0.2) is 23.6 Å². The van der Waals surface area contributed by atoms with Crippen molar-refractivity contribution in [1.82, 2.24) is 5.32 Å². The second kappa shape index (κ2) is 8.73. The second-order valence-electron chi connectivity index (χ2n) is 6.49. The van der Waals surface area contributed by atoms with Crippen LogP contribution < -0.4 is 10.6 Å². The first-order valence-electron chi connectivity index (χ1n) is 8.85. The fourth-order valence-electron chi connectivity index (χ4n) is 2.81. The fraction of sp³-hybridized carbons (Fsp3) is 0.182. The van der Waals surface area contributed by atoms with Crippen LogP contribution in [0.25, 0.3) is 10.8 Å². The molecule has 0 aliphatic carbocycles. The van der Waals surface area contributed by atoms with Crippen LogP contribution in [-0.2, 0) is 4.79 Å². The topological polar surface area (TPSA) is 58.2 Å². The van der Waals surface area contributed by atoms with Gasteiger partial charge in [0.05, 0.1) is 11.3 Å². The molecule has 0 fully saturated rings. The van der Waals surface area contributed by atoms with Gasteiger partial charge in [0.1, 0.15) is 0 Å². The van der Waals surface area contributed by atoms with Crippen molar-refractivity contribution in [2.24, 2.45) is 0 Å². The predicted octanol–water partition coefficient (Wildman–Crippen LogP) is 4.71. The summed E-state index contributed by atoms with van der Waals surface area (Å²) >= 11 is 1.37. The highest BCUT2D eigenvalue weighted by atomic mass is 32.2. The van der Waals surface area contributed by atoms with Crippen LogP contribution >= 0.6 is 11.8 Å². The fourth-order valence-corrected chi connectivity index (χ4v) is 3.67. The molecule has 3 aromatic rings. The quantitative estimate of drug-likeness (QED) is 0.611. The van der Waals surface area contributed by atoms with Crippen LogP contribution in [0.15, 0.2) is 71.6 Å². The van der Waals surface area contributed by atoms with Crippen LogP contribution in [0.1, 0.15) is 24.2 Å². The summed E-state index contributed by atoms with van der Waals surface area (Å²) in [6, 6.07) is 21.2. The van der Waals surface area contributed by atoms with E-state index in [1.165, 1.54) is 11.8 Å². The molecule has 27 heavy (non-hydrogen) atoms. The van der Waals surface area contributed by atoms with E-state index in [1.807, 2.05) is 74.5 Å². The van der Waals surface area contributed by atoms with Crippen molar-refractivity contribution in [2.45, 2.75) is 24.8 Å². The molecule has 0 bridgehead atoms. The van der Waals surface area contributed by atoms with Gasteiger partial charge in [-0.2, -0.15) is 0 Å². The molecule has 0 atom stereocenters. The number of thioether (sulfide) groups is 1. The monoisotopic (exact) mass is 378 g/mol. The Labute approximate surface area is 163 Å². The molecule has 2 amide bonds. The number of anilines is 1. The van der Waals surface area contributed by atoms with Crippen molar-refractivity contribution in [3.8, 4) is 0 Å². The molecule has 0 spiro atoms. The van der Waals surface area contributed by atoms with Gasteiger partial charge >= 0.3 is 0 Å². The zero-order valence-corrected chi connectivity index (χ0v) is 16.2. The number of nitrogens with one attached hydrogen (secondary N) is 2. The smallest absolute Gasteiger partial charge is 0.256 e. The van der Waals surface area contributed by atoms with Crippen molar-refractivity contribution < 1.29 is 9.59 Å². The standard InChI is InChI=1S/C22H22N2O2S/c1-15(2)23-21(25)14-27-20-13-6-5-11-18(20)22(26)24-19-12-7-9-16-8-3-4-10-17(16)19/h3-13,15H,14H2,1-2H3,(H,23,25)(H,24,26). The molecule has 0 radical (unpaired) electrons. The molecular formula is C22H22N2O2S. The van der Waals surface area contributed by atoms with Crippen LogP contribution in [0, 0.1) is 0 Å². The first kappa shape index (κ1) is 19.0. The molecule has 0 aliphatic rings. The van der Waals surface area contributed by atoms with Crippen molar-refractivity contribution in [2.75, 3.05) is 11.1 Å². The summed E-state index contributed by atoms with van der Waals surface area (Å²) in [6.07, 6.45) is 0. The maximum atomic E-state index is 12.9. The Morgan fingerprint density at radius 3 is 2.44 bits per heavy atom. The third-order valence-electron chi connectivity index (χ3n) is 3.98. The van der Waals surface area contributed by atoms with E-state index in [0.717, 1.165) is 21.4 Å². The molecule has 2 N–H and O–H groups in total. The van der Waals surface area contributed by atoms with Crippen molar-refractivity contribution in [3.63, 3.8) is 0 Å². The first-order valence-corrected chi connectivity index (χ1v) is 9.83. The number of carbonyl (C=O) groups excluding carboxylic acids is 2. The van der Waals surface area contributed by atoms with Gasteiger partial charge in [-0.1, -0.05) is 48.5 Å². The molecule has 0 unspecified atom stereocenters. The van der Waals surface area contributed by atoms with Crippen molar-refractivity contribution in [1.29, 1.82) is 0 Å². The van der Waals surface area contributed by atoms with Gasteiger partial charge in [0.25, 0.3) is 5.91 Å². The SMILES string of the molecule is CC(C)NC(=O)CSc1ccccc1C(=O)Nc1cccc2ccccc12. The zero-order chi connectivity index (χ0) is 19.2. The third-order valence-corrected chi connectivity index (χ3v) is 5.05. The Hall–Kier alpha value is -2.79. The summed E-state index contributed by atoms with van der Waals surface area (Å²) < 4.78 is 0. The molecule has 0 saturated carbocycles. The lowest BCUT2D eigenvalue weighted by molar-refractivity contribution is -0.119. The van der Waals surface area contributed by atoms with Crippen LogP contribution in [0.4, 0.5) is 5.69 Å². The van der Waals surface area contributed by atoms with Crippen LogP contribution in [0.3, 0.4) is 0 Å². The van der Waals surface area contributed by atoms with Crippen LogP contribution in [0.5, 0.6) is 0 Å². The van der Waals surface area contributed by atoms with E-state index in [4.69, 9.17) is 0 Å². The third kappa shape index (κ3) is 4.89. The normalized spacial score (nSPS) is 10.8. The number of hydrogen-bond donors (Lipinski definition) is 2. The molecule has 4 nitrogen and oxygen atoms in total. The minimum absolute atomic E-state index is 0.0423. The Morgan fingerprint density at radius 2 is 1.63 bits per heavy atom. The predicted molar refractivity (Wildman–Crippen MR) is 112 cm³/mol. The van der Waals surface area contributed by atoms with Crippen molar-refractivity contribution in [3.05, 3.63) is 72.3 Å². The highest BCUT2D eigenvalue weighted by Crippen LogP contribution is 2.26. The lowest BCUT2D eigenvalue weighted by atomic mass is 10.1. The minimum atomic E-state index is -0.182. The molecule has 138 valence electrons. The Bertz CT molecular complexity index is 964. The Kier molecular flexibility index (Phi) is 6.14. The van der Waals surface area contributed by atoms with Gasteiger partial charge in [-0.05, 0) is 37.4 Å². The minimum Gasteiger partial charge on any atom is -0.353 e. The summed E-state index contributed by atoms with van der Waals surface area (Å²) in [7, 11) is 0. The summed E-state index contributed by atoms with van der Waals surface area (Å²) in [5, 5.41) is 7.94. The highest BCUT2D eigenvalue weighted by molar-refractivity contribution is 8.00. The maximum Gasteiger partial charge on any atom is 0.256 e. The molecule has 0 aromatic heterocycles. The molecule has 5 heteroatoms. The number of rotatable bonds is 6. The largest absolute Gasteiger partial charge is 0.353 e. The van der Waals surface area contributed by atoms with E-state index in [2.05, 4.69) is 10.6 Å². The Balaban J connectivity index is 1.78. The molecule has 0 aliphatic heterocycles. The van der Waals surface area contributed by atoms with E-state index in [-0.39, 0.29) is 23.6 Å². The maximum absolute atomic E-state index is 12.9. The van der Waals surface area contributed by atoms with E-state index in [9.17, 15) is 9.59 Å². The van der Waals surface area contributed by atoms with Crippen molar-refractivity contribution >= 4 is 40.0 Å². The summed E-state index contributed by atoms with van der Waals surface area (Å²) in [4.78, 5) is 25.6. The number of amides is 2. The van der Waals surface area contributed by atoms with E-state index >= 15 is 0 Å².